The maximum atomic E-state index is 13.3. The number of hydrogen-bond donors (Lipinski definition) is 3. The van der Waals surface area contributed by atoms with Gasteiger partial charge in [0.15, 0.2) is 11.6 Å². The Bertz CT molecular complexity index is 743. The number of aliphatic hydroxyl groups is 2. The summed E-state index contributed by atoms with van der Waals surface area (Å²) < 4.78 is 18.5. The van der Waals surface area contributed by atoms with Gasteiger partial charge >= 0.3 is 0 Å². The van der Waals surface area contributed by atoms with E-state index in [2.05, 4.69) is 5.73 Å². The summed E-state index contributed by atoms with van der Waals surface area (Å²) in [5.74, 6) is -0.537. The highest BCUT2D eigenvalue weighted by molar-refractivity contribution is 5.29. The van der Waals surface area contributed by atoms with Crippen LogP contribution in [-0.4, -0.2) is 15.3 Å². The number of benzene rings is 1. The molecule has 2 rings (SSSR count). The first-order chi connectivity index (χ1) is 11.9. The van der Waals surface area contributed by atoms with E-state index in [9.17, 15) is 19.7 Å². The van der Waals surface area contributed by atoms with E-state index >= 15 is 0 Å². The molecule has 1 aromatic carbocycles. The van der Waals surface area contributed by atoms with Gasteiger partial charge in [-0.1, -0.05) is 19.9 Å². The molecule has 1 heterocycles. The second-order valence-electron chi connectivity index (χ2n) is 6.23. The minimum atomic E-state index is -0.897. The van der Waals surface area contributed by atoms with E-state index in [0.717, 1.165) is 11.6 Å². The molecule has 0 saturated heterocycles. The number of aromatic hydroxyl groups is 1. The van der Waals surface area contributed by atoms with Crippen molar-refractivity contribution in [3.05, 3.63) is 71.1 Å². The normalized spacial score (nSPS) is 13.4. The van der Waals surface area contributed by atoms with Crippen LogP contribution in [0.5, 0.6) is 5.75 Å². The predicted octanol–water partition coefficient (Wildman–Crippen LogP) is 4.41. The molecule has 1 aromatic heterocycles. The predicted molar refractivity (Wildman–Crippen MR) is 92.4 cm³/mol. The number of rotatable bonds is 7. The highest BCUT2D eigenvalue weighted by Crippen LogP contribution is 2.26. The maximum absolute atomic E-state index is 13.3. The Balaban J connectivity index is 2.06. The highest BCUT2D eigenvalue weighted by Gasteiger charge is 2.15. The average molecular weight is 346 g/mol. The SMILES string of the molecule is CC(C)C(=C=CC[C@@H](O)c1ccc(O)c(F)c1)C[C@@H](O)c1ccco1. The second-order valence-corrected chi connectivity index (χ2v) is 6.23. The van der Waals surface area contributed by atoms with Crippen LogP contribution in [0, 0.1) is 11.7 Å². The van der Waals surface area contributed by atoms with E-state index in [1.54, 1.807) is 18.2 Å². The Morgan fingerprint density at radius 1 is 1.24 bits per heavy atom. The molecule has 0 fully saturated rings. The minimum Gasteiger partial charge on any atom is -0.505 e. The number of hydrogen-bond acceptors (Lipinski definition) is 4. The minimum absolute atomic E-state index is 0.170. The largest absolute Gasteiger partial charge is 0.505 e. The molecule has 5 heteroatoms. The van der Waals surface area contributed by atoms with Crippen LogP contribution in [0.2, 0.25) is 0 Å². The van der Waals surface area contributed by atoms with E-state index < -0.39 is 23.8 Å². The topological polar surface area (TPSA) is 73.8 Å². The Morgan fingerprint density at radius 3 is 2.60 bits per heavy atom. The van der Waals surface area contributed by atoms with E-state index in [4.69, 9.17) is 4.42 Å². The summed E-state index contributed by atoms with van der Waals surface area (Å²) >= 11 is 0. The van der Waals surface area contributed by atoms with Crippen LogP contribution in [0.3, 0.4) is 0 Å². The van der Waals surface area contributed by atoms with Crippen molar-refractivity contribution < 1.29 is 24.1 Å². The van der Waals surface area contributed by atoms with Crippen LogP contribution < -0.4 is 0 Å². The van der Waals surface area contributed by atoms with Crippen molar-refractivity contribution >= 4 is 0 Å². The molecule has 0 unspecified atom stereocenters. The summed E-state index contributed by atoms with van der Waals surface area (Å²) in [6.07, 6.45) is 2.18. The summed E-state index contributed by atoms with van der Waals surface area (Å²) in [5.41, 5.74) is 4.41. The fourth-order valence-electron chi connectivity index (χ4n) is 2.42. The van der Waals surface area contributed by atoms with Gasteiger partial charge in [0, 0.05) is 12.8 Å². The molecule has 0 bridgehead atoms. The first-order valence-corrected chi connectivity index (χ1v) is 8.20. The van der Waals surface area contributed by atoms with Gasteiger partial charge in [-0.15, -0.1) is 5.73 Å². The molecule has 0 spiro atoms. The first-order valence-electron chi connectivity index (χ1n) is 8.20. The van der Waals surface area contributed by atoms with Gasteiger partial charge in [-0.3, -0.25) is 0 Å². The summed E-state index contributed by atoms with van der Waals surface area (Å²) in [6.45, 7) is 3.99. The molecule has 0 aliphatic carbocycles. The lowest BCUT2D eigenvalue weighted by Crippen LogP contribution is -2.02. The van der Waals surface area contributed by atoms with Gasteiger partial charge in [0.2, 0.25) is 0 Å². The maximum Gasteiger partial charge on any atom is 0.165 e. The fraction of sp³-hybridized carbons (Fsp3) is 0.350. The van der Waals surface area contributed by atoms with Crippen LogP contribution in [0.4, 0.5) is 4.39 Å². The molecule has 0 amide bonds. The van der Waals surface area contributed by atoms with Crippen molar-refractivity contribution in [3.8, 4) is 5.75 Å². The van der Waals surface area contributed by atoms with Crippen molar-refractivity contribution in [2.45, 2.75) is 38.9 Å². The monoisotopic (exact) mass is 346 g/mol. The Morgan fingerprint density at radius 2 is 2.00 bits per heavy atom. The quantitative estimate of drug-likeness (QED) is 0.649. The lowest BCUT2D eigenvalue weighted by molar-refractivity contribution is 0.147. The van der Waals surface area contributed by atoms with Crippen LogP contribution in [0.1, 0.15) is 50.2 Å². The molecule has 4 nitrogen and oxygen atoms in total. The first kappa shape index (κ1) is 19.0. The van der Waals surface area contributed by atoms with Crippen LogP contribution in [0.15, 0.2) is 58.4 Å². The molecular formula is C20H23FO4. The third-order valence-electron chi connectivity index (χ3n) is 3.97. The lowest BCUT2D eigenvalue weighted by Gasteiger charge is -2.13. The zero-order valence-corrected chi connectivity index (χ0v) is 14.3. The number of phenols is 1. The molecule has 2 aromatic rings. The number of aliphatic hydroxyl groups excluding tert-OH is 2. The molecule has 0 aliphatic heterocycles. The van der Waals surface area contributed by atoms with Gasteiger partial charge < -0.3 is 19.7 Å². The highest BCUT2D eigenvalue weighted by atomic mass is 19.1. The third-order valence-corrected chi connectivity index (χ3v) is 3.97. The Kier molecular flexibility index (Phi) is 6.59. The zero-order valence-electron chi connectivity index (χ0n) is 14.3. The van der Waals surface area contributed by atoms with E-state index in [1.807, 2.05) is 13.8 Å². The third kappa shape index (κ3) is 5.33. The lowest BCUT2D eigenvalue weighted by atomic mass is 9.96. The molecule has 3 N–H and O–H groups in total. The average Bonchev–Trinajstić information content (AvgIpc) is 3.10. The Labute approximate surface area is 146 Å². The van der Waals surface area contributed by atoms with Crippen molar-refractivity contribution in [3.63, 3.8) is 0 Å². The molecular weight excluding hydrogens is 323 g/mol. The summed E-state index contributed by atoms with van der Waals surface area (Å²) in [4.78, 5) is 0. The van der Waals surface area contributed by atoms with Crippen molar-refractivity contribution in [2.75, 3.05) is 0 Å². The molecule has 134 valence electrons. The van der Waals surface area contributed by atoms with Gasteiger partial charge in [0.25, 0.3) is 0 Å². The van der Waals surface area contributed by atoms with Gasteiger partial charge in [0.1, 0.15) is 11.9 Å². The summed E-state index contributed by atoms with van der Waals surface area (Å²) in [5, 5.41) is 29.5. The van der Waals surface area contributed by atoms with Crippen molar-refractivity contribution in [2.24, 2.45) is 5.92 Å². The smallest absolute Gasteiger partial charge is 0.165 e. The standard InChI is InChI=1S/C20H23FO4/c1-13(2)14(12-19(24)20-7-4-10-25-20)5-3-6-17(22)15-8-9-18(23)16(21)11-15/h3-4,7-11,13,17,19,22-24H,6,12H2,1-2H3/t5?,17-,19-/m1/s1. The van der Waals surface area contributed by atoms with E-state index in [0.29, 0.717) is 17.7 Å². The number of phenolic OH excluding ortho intramolecular Hbond substituents is 1. The van der Waals surface area contributed by atoms with Crippen LogP contribution >= 0.6 is 0 Å². The van der Waals surface area contributed by atoms with Gasteiger partial charge in [-0.25, -0.2) is 4.39 Å². The summed E-state index contributed by atoms with van der Waals surface area (Å²) in [7, 11) is 0. The molecule has 25 heavy (non-hydrogen) atoms. The molecule has 2 atom stereocenters. The zero-order chi connectivity index (χ0) is 18.4. The van der Waals surface area contributed by atoms with Crippen molar-refractivity contribution in [1.29, 1.82) is 0 Å². The van der Waals surface area contributed by atoms with E-state index in [1.165, 1.54) is 18.4 Å². The molecule has 0 radical (unpaired) electrons. The second kappa shape index (κ2) is 8.67. The van der Waals surface area contributed by atoms with Gasteiger partial charge in [0.05, 0.1) is 12.4 Å². The Hall–Kier alpha value is -2.33. The van der Waals surface area contributed by atoms with Gasteiger partial charge in [-0.05, 0) is 47.4 Å². The van der Waals surface area contributed by atoms with Gasteiger partial charge in [-0.2, -0.15) is 0 Å². The number of furan rings is 1. The molecule has 0 aliphatic rings. The van der Waals surface area contributed by atoms with E-state index in [-0.39, 0.29) is 12.3 Å². The van der Waals surface area contributed by atoms with Crippen LogP contribution in [0.25, 0.3) is 0 Å². The van der Waals surface area contributed by atoms with Crippen LogP contribution in [-0.2, 0) is 0 Å². The fourth-order valence-corrected chi connectivity index (χ4v) is 2.42. The number of halogens is 1. The summed E-state index contributed by atoms with van der Waals surface area (Å²) in [6, 6.07) is 7.24. The van der Waals surface area contributed by atoms with Crippen molar-refractivity contribution in [1.82, 2.24) is 0 Å². The molecule has 0 saturated carbocycles.